The third-order valence-electron chi connectivity index (χ3n) is 6.24. The minimum atomic E-state index is -4.32. The predicted octanol–water partition coefficient (Wildman–Crippen LogP) is 7.48. The molecule has 4 aromatic carbocycles. The summed E-state index contributed by atoms with van der Waals surface area (Å²) in [7, 11) is 0. The van der Waals surface area contributed by atoms with Crippen molar-refractivity contribution in [2.45, 2.75) is 19.0 Å². The van der Waals surface area contributed by atoms with Gasteiger partial charge in [-0.05, 0) is 74.9 Å². The van der Waals surface area contributed by atoms with E-state index in [1.165, 1.54) is 33.7 Å². The minimum absolute atomic E-state index is 0.633. The van der Waals surface area contributed by atoms with Crippen LogP contribution in [0.3, 0.4) is 0 Å². The fraction of sp³-hybridized carbons (Fsp3) is 0.0968. The molecule has 3 heteroatoms. The standard InChI is InChI=1S/C31H23F3/c32-31(33,34)30-19-17-26(18-20-30)25-13-15-27(16-14-25)29-10-4-9-28(21-29)24-8-3-7-22-5-1-2-6-23(22)11-12-24/h1-2,4-7,9-21H,3,8H2/b22-7-,23-11-,24-12+. The number of benzene rings is 4. The van der Waals surface area contributed by atoms with Gasteiger partial charge in [-0.1, -0.05) is 97.1 Å². The van der Waals surface area contributed by atoms with E-state index >= 15 is 0 Å². The molecule has 0 radical (unpaired) electrons. The van der Waals surface area contributed by atoms with Gasteiger partial charge in [-0.2, -0.15) is 13.2 Å². The number of hydrogen-bond acceptors (Lipinski definition) is 0. The molecule has 0 fully saturated rings. The Labute approximate surface area is 197 Å². The summed E-state index contributed by atoms with van der Waals surface area (Å²) in [6.07, 6.45) is 4.34. The van der Waals surface area contributed by atoms with Gasteiger partial charge in [-0.25, -0.2) is 0 Å². The summed E-state index contributed by atoms with van der Waals surface area (Å²) in [6, 6.07) is 30.2. The lowest BCUT2D eigenvalue weighted by atomic mass is 9.94. The molecule has 0 aromatic heterocycles. The lowest BCUT2D eigenvalue weighted by molar-refractivity contribution is -0.137. The molecule has 0 atom stereocenters. The van der Waals surface area contributed by atoms with Crippen LogP contribution in [0.15, 0.2) is 103 Å². The Bertz CT molecular complexity index is 1460. The number of hydrogen-bond donors (Lipinski definition) is 0. The third-order valence-corrected chi connectivity index (χ3v) is 6.24. The number of rotatable bonds is 3. The number of alkyl halides is 3. The summed E-state index contributed by atoms with van der Waals surface area (Å²) in [4.78, 5) is 0. The smallest absolute Gasteiger partial charge is 0.166 e. The second-order valence-electron chi connectivity index (χ2n) is 8.46. The zero-order valence-electron chi connectivity index (χ0n) is 18.5. The Kier molecular flexibility index (Phi) is 5.93. The molecule has 0 nitrogen and oxygen atoms in total. The van der Waals surface area contributed by atoms with Crippen LogP contribution in [0.2, 0.25) is 0 Å². The first-order chi connectivity index (χ1) is 16.5. The highest BCUT2D eigenvalue weighted by Gasteiger charge is 2.29. The number of fused-ring (bicyclic) bond motifs is 1. The van der Waals surface area contributed by atoms with E-state index in [2.05, 4.69) is 66.8 Å². The van der Waals surface area contributed by atoms with Crippen LogP contribution in [0.1, 0.15) is 24.0 Å². The first kappa shape index (κ1) is 22.0. The van der Waals surface area contributed by atoms with E-state index < -0.39 is 11.7 Å². The SMILES string of the molecule is FC(F)(F)c1ccc(-c2ccc(-c3cccc(/C4=C/C=c5/cccc/c5=C/CC4)c3)cc2)cc1. The minimum Gasteiger partial charge on any atom is -0.166 e. The Hall–Kier alpha value is -3.85. The van der Waals surface area contributed by atoms with Crippen LogP contribution in [0.4, 0.5) is 13.2 Å². The van der Waals surface area contributed by atoms with Crippen molar-refractivity contribution >= 4 is 17.7 Å². The van der Waals surface area contributed by atoms with Crippen molar-refractivity contribution in [1.29, 1.82) is 0 Å². The fourth-order valence-corrected chi connectivity index (χ4v) is 4.35. The Morgan fingerprint density at radius 1 is 0.529 bits per heavy atom. The maximum Gasteiger partial charge on any atom is 0.416 e. The average Bonchev–Trinajstić information content (AvgIpc) is 2.84. The van der Waals surface area contributed by atoms with Crippen LogP contribution in [0.5, 0.6) is 0 Å². The molecule has 1 aliphatic rings. The predicted molar refractivity (Wildman–Crippen MR) is 134 cm³/mol. The summed E-state index contributed by atoms with van der Waals surface area (Å²) in [6.45, 7) is 0. The molecule has 0 heterocycles. The number of allylic oxidation sites excluding steroid dienone is 2. The van der Waals surface area contributed by atoms with Gasteiger partial charge in [-0.3, -0.25) is 0 Å². The molecule has 168 valence electrons. The van der Waals surface area contributed by atoms with E-state index in [4.69, 9.17) is 0 Å². The molecule has 0 amide bonds. The van der Waals surface area contributed by atoms with Crippen molar-refractivity contribution in [3.63, 3.8) is 0 Å². The highest BCUT2D eigenvalue weighted by molar-refractivity contribution is 5.77. The van der Waals surface area contributed by atoms with E-state index in [-0.39, 0.29) is 0 Å². The summed E-state index contributed by atoms with van der Waals surface area (Å²) >= 11 is 0. The topological polar surface area (TPSA) is 0 Å². The molecule has 1 aliphatic carbocycles. The van der Waals surface area contributed by atoms with E-state index in [0.717, 1.165) is 47.2 Å². The highest BCUT2D eigenvalue weighted by Crippen LogP contribution is 2.32. The van der Waals surface area contributed by atoms with E-state index in [1.807, 2.05) is 24.3 Å². The molecule has 0 unspecified atom stereocenters. The van der Waals surface area contributed by atoms with Gasteiger partial charge in [0, 0.05) is 0 Å². The molecule has 0 aliphatic heterocycles. The van der Waals surface area contributed by atoms with Gasteiger partial charge in [0.1, 0.15) is 0 Å². The lowest BCUT2D eigenvalue weighted by Crippen LogP contribution is -2.23. The van der Waals surface area contributed by atoms with Crippen molar-refractivity contribution in [1.82, 2.24) is 0 Å². The van der Waals surface area contributed by atoms with E-state index in [1.54, 1.807) is 0 Å². The van der Waals surface area contributed by atoms with Crippen LogP contribution < -0.4 is 10.4 Å². The molecule has 0 bridgehead atoms. The molecule has 5 rings (SSSR count). The Morgan fingerprint density at radius 3 is 1.79 bits per heavy atom. The molecule has 0 saturated heterocycles. The van der Waals surface area contributed by atoms with Crippen molar-refractivity contribution in [3.05, 3.63) is 125 Å². The maximum atomic E-state index is 12.8. The number of halogens is 3. The maximum absolute atomic E-state index is 12.8. The van der Waals surface area contributed by atoms with E-state index in [9.17, 15) is 13.2 Å². The zero-order chi connectivity index (χ0) is 23.5. The second-order valence-corrected chi connectivity index (χ2v) is 8.46. The molecular weight excluding hydrogens is 429 g/mol. The van der Waals surface area contributed by atoms with Gasteiger partial charge in [0.2, 0.25) is 0 Å². The van der Waals surface area contributed by atoms with Gasteiger partial charge >= 0.3 is 6.18 Å². The molecule has 0 saturated carbocycles. The third kappa shape index (κ3) is 4.74. The van der Waals surface area contributed by atoms with Crippen molar-refractivity contribution < 1.29 is 13.2 Å². The molecule has 4 aromatic rings. The van der Waals surface area contributed by atoms with E-state index in [0.29, 0.717) is 0 Å². The first-order valence-electron chi connectivity index (χ1n) is 11.3. The zero-order valence-corrected chi connectivity index (χ0v) is 18.5. The molecule has 34 heavy (non-hydrogen) atoms. The highest BCUT2D eigenvalue weighted by atomic mass is 19.4. The largest absolute Gasteiger partial charge is 0.416 e. The van der Waals surface area contributed by atoms with Crippen molar-refractivity contribution in [2.24, 2.45) is 0 Å². The average molecular weight is 453 g/mol. The lowest BCUT2D eigenvalue weighted by Gasteiger charge is -2.11. The summed E-state index contributed by atoms with van der Waals surface area (Å²) in [5.41, 5.74) is 5.71. The summed E-state index contributed by atoms with van der Waals surface area (Å²) in [5, 5.41) is 2.51. The summed E-state index contributed by atoms with van der Waals surface area (Å²) < 4.78 is 38.5. The Morgan fingerprint density at radius 2 is 1.12 bits per heavy atom. The quantitative estimate of drug-likeness (QED) is 0.302. The van der Waals surface area contributed by atoms with Crippen LogP contribution in [0, 0.1) is 0 Å². The first-order valence-corrected chi connectivity index (χ1v) is 11.3. The van der Waals surface area contributed by atoms with Crippen molar-refractivity contribution in [2.75, 3.05) is 0 Å². The monoisotopic (exact) mass is 452 g/mol. The summed E-state index contributed by atoms with van der Waals surface area (Å²) in [5.74, 6) is 0. The van der Waals surface area contributed by atoms with Gasteiger partial charge in [-0.15, -0.1) is 0 Å². The van der Waals surface area contributed by atoms with Crippen LogP contribution in [-0.2, 0) is 6.18 Å². The van der Waals surface area contributed by atoms with Gasteiger partial charge in [0.25, 0.3) is 0 Å². The fourth-order valence-electron chi connectivity index (χ4n) is 4.35. The van der Waals surface area contributed by atoms with Crippen molar-refractivity contribution in [3.8, 4) is 22.3 Å². The van der Waals surface area contributed by atoms with Crippen LogP contribution in [0.25, 0.3) is 40.0 Å². The normalized spacial score (nSPS) is 17.1. The molecular formula is C31H23F3. The van der Waals surface area contributed by atoms with Crippen LogP contribution >= 0.6 is 0 Å². The van der Waals surface area contributed by atoms with Crippen LogP contribution in [-0.4, -0.2) is 0 Å². The Balaban J connectivity index is 1.41. The van der Waals surface area contributed by atoms with Gasteiger partial charge < -0.3 is 0 Å². The van der Waals surface area contributed by atoms with Gasteiger partial charge in [0.05, 0.1) is 5.56 Å². The molecule has 0 N–H and O–H groups in total. The molecule has 0 spiro atoms. The van der Waals surface area contributed by atoms with Gasteiger partial charge in [0.15, 0.2) is 0 Å². The second kappa shape index (κ2) is 9.18.